The van der Waals surface area contributed by atoms with Gasteiger partial charge in [0.15, 0.2) is 17.3 Å². The molecule has 0 aromatic heterocycles. The van der Waals surface area contributed by atoms with E-state index in [0.29, 0.717) is 43.5 Å². The Morgan fingerprint density at radius 1 is 0.683 bits per heavy atom. The number of urea groups is 1. The summed E-state index contributed by atoms with van der Waals surface area (Å²) in [6.45, 7) is 25.7. The summed E-state index contributed by atoms with van der Waals surface area (Å²) in [4.78, 5) is 167. The number of likely N-dealkylation sites (tertiary alicyclic amines) is 1. The second kappa shape index (κ2) is 43.4. The number of nitrogens with zero attached hydrogens (tertiary/aromatic N) is 3. The molecule has 1 aliphatic heterocycles. The zero-order chi connectivity index (χ0) is 77.7. The van der Waals surface area contributed by atoms with E-state index in [4.69, 9.17) is 19.9 Å². The minimum absolute atomic E-state index is 0.0186. The third-order valence-corrected chi connectivity index (χ3v) is 19.7. The Hall–Kier alpha value is -8.94. The summed E-state index contributed by atoms with van der Waals surface area (Å²) < 4.78 is 17.9. The summed E-state index contributed by atoms with van der Waals surface area (Å²) in [7, 11) is 6.21. The number of methoxy groups -OCH3 is 2. The Morgan fingerprint density at radius 2 is 1.30 bits per heavy atom. The number of ether oxygens (including phenoxy) is 3. The van der Waals surface area contributed by atoms with Gasteiger partial charge >= 0.3 is 12.1 Å². The summed E-state index contributed by atoms with van der Waals surface area (Å²) in [6, 6.07) is 16.4. The summed E-state index contributed by atoms with van der Waals surface area (Å²) in [5, 5.41) is 24.4. The molecule has 3 aromatic rings. The van der Waals surface area contributed by atoms with Crippen LogP contribution in [0.15, 0.2) is 98.1 Å². The fraction of sp³-hybridized carbons (Fsp3) is 0.570. The van der Waals surface area contributed by atoms with E-state index in [9.17, 15) is 62.6 Å². The summed E-state index contributed by atoms with van der Waals surface area (Å²) in [6.07, 6.45) is 1.74. The molecule has 1 saturated heterocycles. The number of hydrogen-bond donors (Lipinski definition) is 7. The van der Waals surface area contributed by atoms with Crippen LogP contribution in [0.3, 0.4) is 0 Å². The van der Waals surface area contributed by atoms with Crippen molar-refractivity contribution >= 4 is 87.8 Å². The molecule has 1 aliphatic rings. The van der Waals surface area contributed by atoms with Gasteiger partial charge in [0.2, 0.25) is 35.4 Å². The molecular weight excluding hydrogens is 1330 g/mol. The van der Waals surface area contributed by atoms with Crippen LogP contribution in [-0.4, -0.2) is 168 Å². The number of aliphatic hydroxyl groups excluding tert-OH is 1. The number of Topliss-reactive ketones (excluding diaryl/α,β-unsaturated/α-hetero) is 4. The standard InChI is InChI=1S/C79H115N9O16/c1-17-50(10)73(66(102-15)45-70(96)88-38-26-30-61(88)75(103-16)52(12)63(90)39-51(11)74(97)54-27-21-20-22-28-54)86(13)77(99)60(47(4)5)44-65(92)72(49(8)9)87(14)79(101)104-46-53-33-35-57(36-34-53)84-76(98)55(29-25-37-81-78(80)100)42-64(91)71(48(6)7)85-69(95)32-24-23-31-62(89)56-40-58(82-67(93)18-2)43-59(41-56)83-68(94)19-3/h18-22,27-28,33-36,40-41,43,47-52,55,60-61,66,71-75,97H,2-3,17,23-26,29-32,37-39,42,44-46H2,1,4-16H3,(H,82,93)(H,83,94)(H,84,98)(H,85,95)(H3,80,81,100)/t50-,51+,52+,55-,60+,61+,66-,71+,72+,73+,74-,75-/m1/s1. The largest absolute Gasteiger partial charge is 0.445 e. The zero-order valence-electron chi connectivity index (χ0n) is 63.5. The van der Waals surface area contributed by atoms with Crippen molar-refractivity contribution in [2.75, 3.05) is 57.4 Å². The molecule has 104 heavy (non-hydrogen) atoms. The van der Waals surface area contributed by atoms with Gasteiger partial charge in [0.25, 0.3) is 0 Å². The molecule has 3 aromatic carbocycles. The topological polar surface area (TPSA) is 349 Å². The molecule has 572 valence electrons. The van der Waals surface area contributed by atoms with Gasteiger partial charge < -0.3 is 66.3 Å². The number of carbonyl (C=O) groups excluding carboxylic acids is 12. The van der Waals surface area contributed by atoms with E-state index in [1.165, 1.54) is 37.3 Å². The normalized spacial score (nSPS) is 16.0. The molecule has 0 saturated carbocycles. The van der Waals surface area contributed by atoms with Crippen molar-refractivity contribution in [1.82, 2.24) is 25.3 Å². The van der Waals surface area contributed by atoms with Crippen LogP contribution in [-0.2, 0) is 64.0 Å². The van der Waals surface area contributed by atoms with Gasteiger partial charge in [0, 0.05) is 114 Å². The van der Waals surface area contributed by atoms with Crippen molar-refractivity contribution in [3.63, 3.8) is 0 Å². The fourth-order valence-electron chi connectivity index (χ4n) is 13.6. The molecule has 1 heterocycles. The quantitative estimate of drug-likeness (QED) is 0.0157. The summed E-state index contributed by atoms with van der Waals surface area (Å²) in [5.74, 6) is -7.53. The first-order valence-corrected chi connectivity index (χ1v) is 36.3. The Balaban J connectivity index is 1.38. The van der Waals surface area contributed by atoms with Crippen molar-refractivity contribution in [1.29, 1.82) is 0 Å². The van der Waals surface area contributed by atoms with Gasteiger partial charge in [-0.15, -0.1) is 0 Å². The minimum atomic E-state index is -0.984. The maximum Gasteiger partial charge on any atom is 0.410 e. The van der Waals surface area contributed by atoms with Crippen molar-refractivity contribution in [2.45, 2.75) is 202 Å². The lowest BCUT2D eigenvalue weighted by molar-refractivity contribution is -0.149. The predicted molar refractivity (Wildman–Crippen MR) is 400 cm³/mol. The third kappa shape index (κ3) is 26.6. The maximum absolute atomic E-state index is 14.9. The lowest BCUT2D eigenvalue weighted by Gasteiger charge is -2.41. The molecule has 0 unspecified atom stereocenters. The molecule has 8 N–H and O–H groups in total. The highest BCUT2D eigenvalue weighted by molar-refractivity contribution is 6.05. The lowest BCUT2D eigenvalue weighted by Crippen LogP contribution is -2.54. The molecule has 4 rings (SSSR count). The molecule has 9 amide bonds. The number of primary amides is 1. The van der Waals surface area contributed by atoms with Gasteiger partial charge in [-0.1, -0.05) is 131 Å². The monoisotopic (exact) mass is 1450 g/mol. The zero-order valence-corrected chi connectivity index (χ0v) is 63.5. The van der Waals surface area contributed by atoms with Gasteiger partial charge in [-0.2, -0.15) is 0 Å². The number of carbonyl (C=O) groups is 12. The van der Waals surface area contributed by atoms with Crippen molar-refractivity contribution in [3.8, 4) is 0 Å². The van der Waals surface area contributed by atoms with Crippen LogP contribution in [0.2, 0.25) is 0 Å². The Bertz CT molecular complexity index is 3380. The first-order valence-electron chi connectivity index (χ1n) is 36.3. The highest BCUT2D eigenvalue weighted by Gasteiger charge is 2.44. The first kappa shape index (κ1) is 87.5. The number of hydrogen-bond acceptors (Lipinski definition) is 16. The molecule has 25 nitrogen and oxygen atoms in total. The number of amides is 9. The lowest BCUT2D eigenvalue weighted by atomic mass is 9.83. The van der Waals surface area contributed by atoms with Crippen LogP contribution in [0, 0.1) is 47.3 Å². The van der Waals surface area contributed by atoms with E-state index in [2.05, 4.69) is 39.7 Å². The summed E-state index contributed by atoms with van der Waals surface area (Å²) in [5.41, 5.74) is 7.63. The fourth-order valence-corrected chi connectivity index (χ4v) is 13.6. The van der Waals surface area contributed by atoms with Crippen LogP contribution in [0.25, 0.3) is 0 Å². The minimum Gasteiger partial charge on any atom is -0.445 e. The molecule has 25 heteroatoms. The van der Waals surface area contributed by atoms with Gasteiger partial charge in [0.1, 0.15) is 12.4 Å². The molecule has 0 aliphatic carbocycles. The van der Waals surface area contributed by atoms with Crippen molar-refractivity contribution in [2.24, 2.45) is 53.1 Å². The second-order valence-corrected chi connectivity index (χ2v) is 28.6. The van der Waals surface area contributed by atoms with E-state index >= 15 is 0 Å². The third-order valence-electron chi connectivity index (χ3n) is 19.7. The highest BCUT2D eigenvalue weighted by atomic mass is 16.6. The van der Waals surface area contributed by atoms with E-state index in [1.807, 2.05) is 71.9 Å². The Morgan fingerprint density at radius 3 is 1.85 bits per heavy atom. The predicted octanol–water partition coefficient (Wildman–Crippen LogP) is 10.6. The average Bonchev–Trinajstić information content (AvgIpc) is 1.15. The van der Waals surface area contributed by atoms with Crippen molar-refractivity contribution in [3.05, 3.63) is 115 Å². The molecule has 0 bridgehead atoms. The van der Waals surface area contributed by atoms with Crippen LogP contribution in [0.5, 0.6) is 0 Å². The molecule has 0 radical (unpaired) electrons. The average molecular weight is 1450 g/mol. The number of anilines is 3. The number of ketones is 4. The van der Waals surface area contributed by atoms with E-state index in [0.717, 1.165) is 17.7 Å². The van der Waals surface area contributed by atoms with Gasteiger partial charge in [0.05, 0.1) is 48.9 Å². The van der Waals surface area contributed by atoms with E-state index < -0.39 is 108 Å². The number of likely N-dealkylation sites (N-methyl/N-ethyl adjacent to an activating group) is 2. The van der Waals surface area contributed by atoms with Crippen molar-refractivity contribution < 1.29 is 76.9 Å². The van der Waals surface area contributed by atoms with Crippen LogP contribution >= 0.6 is 0 Å². The van der Waals surface area contributed by atoms with E-state index in [-0.39, 0.29) is 141 Å². The molecular formula is C79H115N9O16. The maximum atomic E-state index is 14.9. The highest BCUT2D eigenvalue weighted by Crippen LogP contribution is 2.34. The first-order chi connectivity index (χ1) is 49.2. The number of nitrogens with two attached hydrogens (primary N) is 1. The summed E-state index contributed by atoms with van der Waals surface area (Å²) >= 11 is 0. The SMILES string of the molecule is C=CC(=O)Nc1cc(NC(=O)C=C)cc(C(=O)CCCCC(=O)N[C@H](C(=O)C[C@@H](CCCNC(N)=O)C(=O)Nc2ccc(COC(=O)N(C)[C@H](C(=O)C[C@H](C(=O)N(C)[C@@H]([C@H](C)CC)[C@@H](CC(=O)N3CCC[C@H]3[C@H](OC)[C@@H](C)C(=O)C[C@H](C)[C@@H](O)c3ccccc3)OC)C(C)C)C(C)C)cc2)C(C)C)c1. The molecule has 12 atom stereocenters. The molecule has 1 fully saturated rings. The molecule has 0 spiro atoms. The van der Waals surface area contributed by atoms with Gasteiger partial charge in [-0.25, -0.2) is 9.59 Å². The number of rotatable bonds is 45. The van der Waals surface area contributed by atoms with E-state index in [1.54, 1.807) is 75.9 Å². The second-order valence-electron chi connectivity index (χ2n) is 28.6. The van der Waals surface area contributed by atoms with Gasteiger partial charge in [-0.05, 0) is 122 Å². The Labute approximate surface area is 614 Å². The number of aliphatic hydroxyl groups is 1. The smallest absolute Gasteiger partial charge is 0.410 e. The van der Waals surface area contributed by atoms with Crippen LogP contribution < -0.4 is 32.3 Å². The Kier molecular flexibility index (Phi) is 36.5. The number of nitrogens with one attached hydrogen (secondary N) is 5. The van der Waals surface area contributed by atoms with Crippen LogP contribution in [0.1, 0.15) is 180 Å². The van der Waals surface area contributed by atoms with Crippen LogP contribution in [0.4, 0.5) is 26.7 Å². The number of benzene rings is 3. The number of unbranched alkanes of at least 4 members (excludes halogenated alkanes) is 1. The van der Waals surface area contributed by atoms with Gasteiger partial charge in [-0.3, -0.25) is 47.9 Å².